The number of fused-ring (bicyclic) bond motifs is 4. The van der Waals surface area contributed by atoms with Gasteiger partial charge in [0.2, 0.25) is 0 Å². The van der Waals surface area contributed by atoms with Crippen LogP contribution in [0.15, 0.2) is 84.5 Å². The predicted molar refractivity (Wildman–Crippen MR) is 159 cm³/mol. The number of aromatic nitrogens is 1. The fourth-order valence-electron chi connectivity index (χ4n) is 5.44. The summed E-state index contributed by atoms with van der Waals surface area (Å²) in [6.45, 7) is 8.05. The van der Waals surface area contributed by atoms with Crippen molar-refractivity contribution in [3.05, 3.63) is 107 Å². The number of rotatable bonds is 6. The van der Waals surface area contributed by atoms with Crippen molar-refractivity contribution in [3.63, 3.8) is 0 Å². The highest BCUT2D eigenvalue weighted by Crippen LogP contribution is 2.44. The summed E-state index contributed by atoms with van der Waals surface area (Å²) in [6, 6.07) is 23.2. The molecule has 0 saturated carbocycles. The topological polar surface area (TPSA) is 69.7 Å². The summed E-state index contributed by atoms with van der Waals surface area (Å²) in [7, 11) is -0.780. The Hall–Kier alpha value is -4.01. The van der Waals surface area contributed by atoms with Crippen LogP contribution in [0.1, 0.15) is 50.3 Å². The van der Waals surface area contributed by atoms with Crippen LogP contribution >= 0.6 is 0 Å². The van der Waals surface area contributed by atoms with Crippen LogP contribution in [0, 0.1) is 5.82 Å². The number of halogens is 1. The fraction of sp³-hybridized carbons (Fsp3) is 0.273. The van der Waals surface area contributed by atoms with Gasteiger partial charge in [-0.1, -0.05) is 60.7 Å². The van der Waals surface area contributed by atoms with Gasteiger partial charge in [-0.25, -0.2) is 9.18 Å². The second kappa shape index (κ2) is 10.4. The van der Waals surface area contributed by atoms with E-state index >= 15 is 4.39 Å². The molecule has 2 aliphatic rings. The Morgan fingerprint density at radius 3 is 2.27 bits per heavy atom. The largest absolute Gasteiger partial charge is 0.492 e. The molecule has 4 aromatic rings. The summed E-state index contributed by atoms with van der Waals surface area (Å²) in [5.74, 6) is -0.474. The first-order valence-corrected chi connectivity index (χ1v) is 13.8. The zero-order valence-corrected chi connectivity index (χ0v) is 23.6. The third-order valence-electron chi connectivity index (χ3n) is 8.40. The second-order valence-corrected chi connectivity index (χ2v) is 11.6. The monoisotopic (exact) mass is 550 g/mol. The number of nitrogens with one attached hydrogen (secondary N) is 1. The number of carbonyl (C=O) groups is 1. The molecule has 0 radical (unpaired) electrons. The maximum absolute atomic E-state index is 15.1. The van der Waals surface area contributed by atoms with Gasteiger partial charge in [0.15, 0.2) is 0 Å². The van der Waals surface area contributed by atoms with E-state index in [9.17, 15) is 4.79 Å². The molecule has 0 bridgehead atoms. The van der Waals surface area contributed by atoms with Crippen molar-refractivity contribution in [1.29, 1.82) is 0 Å². The van der Waals surface area contributed by atoms with Gasteiger partial charge in [0.05, 0.1) is 16.7 Å². The summed E-state index contributed by atoms with van der Waals surface area (Å²) in [5, 5.41) is 3.64. The van der Waals surface area contributed by atoms with E-state index in [2.05, 4.69) is 34.6 Å². The molecule has 8 heteroatoms. The lowest BCUT2D eigenvalue weighted by atomic mass is 9.77. The maximum Gasteiger partial charge on any atom is 0.492 e. The van der Waals surface area contributed by atoms with Gasteiger partial charge in [0.1, 0.15) is 12.4 Å². The number of ether oxygens (including phenoxy) is 1. The predicted octanol–water partition coefficient (Wildman–Crippen LogP) is 6.93. The van der Waals surface area contributed by atoms with Crippen LogP contribution in [0.25, 0.3) is 28.1 Å². The van der Waals surface area contributed by atoms with Crippen LogP contribution in [-0.2, 0) is 14.0 Å². The molecular weight excluding hydrogens is 518 g/mol. The van der Waals surface area contributed by atoms with Gasteiger partial charge in [0, 0.05) is 35.7 Å². The van der Waals surface area contributed by atoms with Crippen molar-refractivity contribution in [1.82, 2.24) is 10.3 Å². The van der Waals surface area contributed by atoms with Gasteiger partial charge < -0.3 is 19.4 Å². The van der Waals surface area contributed by atoms with Crippen molar-refractivity contribution in [2.24, 2.45) is 0 Å². The number of hydrogen-bond donors (Lipinski definition) is 1. The van der Waals surface area contributed by atoms with Gasteiger partial charge >= 0.3 is 13.2 Å². The third-order valence-corrected chi connectivity index (χ3v) is 8.40. The van der Waals surface area contributed by atoms with Gasteiger partial charge in [-0.3, -0.25) is 4.98 Å². The van der Waals surface area contributed by atoms with E-state index in [0.29, 0.717) is 16.6 Å². The molecule has 6 rings (SSSR count). The van der Waals surface area contributed by atoms with Gasteiger partial charge in [-0.2, -0.15) is 0 Å². The number of pyridine rings is 1. The smallest absolute Gasteiger partial charge is 0.449 e. The Morgan fingerprint density at radius 2 is 1.61 bits per heavy atom. The zero-order chi connectivity index (χ0) is 28.8. The summed E-state index contributed by atoms with van der Waals surface area (Å²) in [5.41, 5.74) is 4.88. The Morgan fingerprint density at radius 1 is 0.976 bits per heavy atom. The van der Waals surface area contributed by atoms with E-state index in [0.717, 1.165) is 27.6 Å². The second-order valence-electron chi connectivity index (χ2n) is 11.6. The average Bonchev–Trinajstić information content (AvgIpc) is 3.38. The Labute approximate surface area is 239 Å². The number of nitrogens with zero attached hydrogens (tertiary/aromatic N) is 1. The molecule has 41 heavy (non-hydrogen) atoms. The van der Waals surface area contributed by atoms with Crippen LogP contribution < -0.4 is 5.32 Å². The first-order valence-electron chi connectivity index (χ1n) is 13.8. The molecule has 1 aliphatic heterocycles. The van der Waals surface area contributed by atoms with E-state index in [1.165, 1.54) is 6.07 Å². The lowest BCUT2D eigenvalue weighted by Gasteiger charge is -2.32. The van der Waals surface area contributed by atoms with E-state index in [1.807, 2.05) is 64.1 Å². The van der Waals surface area contributed by atoms with E-state index < -0.39 is 30.2 Å². The Balaban J connectivity index is 1.21. The number of amides is 1. The lowest BCUT2D eigenvalue weighted by molar-refractivity contribution is 0.00578. The van der Waals surface area contributed by atoms with Crippen molar-refractivity contribution >= 4 is 30.2 Å². The molecular formula is C33H32BFN2O4. The third kappa shape index (κ3) is 5.14. The molecule has 0 spiro atoms. The molecule has 6 nitrogen and oxygen atoms in total. The summed E-state index contributed by atoms with van der Waals surface area (Å²) in [6.07, 6.45) is 2.73. The Kier molecular flexibility index (Phi) is 6.92. The highest BCUT2D eigenvalue weighted by atomic mass is 19.1. The van der Waals surface area contributed by atoms with E-state index in [4.69, 9.17) is 14.0 Å². The fourth-order valence-corrected chi connectivity index (χ4v) is 5.44. The van der Waals surface area contributed by atoms with Crippen molar-refractivity contribution in [2.75, 3.05) is 13.2 Å². The molecule has 1 aromatic heterocycles. The van der Waals surface area contributed by atoms with Crippen LogP contribution in [-0.4, -0.2) is 42.5 Å². The van der Waals surface area contributed by atoms with Crippen molar-refractivity contribution in [2.45, 2.75) is 44.8 Å². The molecule has 3 aromatic carbocycles. The first-order chi connectivity index (χ1) is 19.6. The highest BCUT2D eigenvalue weighted by Gasteiger charge is 2.52. The van der Waals surface area contributed by atoms with Crippen LogP contribution in [0.5, 0.6) is 0 Å². The lowest BCUT2D eigenvalue weighted by Crippen LogP contribution is -2.41. The minimum absolute atomic E-state index is 0.0495. The number of carbonyl (C=O) groups excluding carboxylic acids is 1. The SMILES string of the molecule is CC1(C)OB(C(=Cc2cc3cccnc3cc2F)CNC(=O)OCC2c3ccccc3-c3ccccc32)OC1(C)C. The summed E-state index contributed by atoms with van der Waals surface area (Å²) in [4.78, 5) is 17.2. The minimum Gasteiger partial charge on any atom is -0.449 e. The number of alkyl carbamates (subject to hydrolysis) is 1. The molecule has 1 amide bonds. The number of hydrogen-bond acceptors (Lipinski definition) is 5. The molecule has 208 valence electrons. The van der Waals surface area contributed by atoms with Crippen LogP contribution in [0.4, 0.5) is 9.18 Å². The van der Waals surface area contributed by atoms with Gasteiger partial charge in [0.25, 0.3) is 0 Å². The van der Waals surface area contributed by atoms with E-state index in [-0.39, 0.29) is 19.1 Å². The molecule has 0 unspecified atom stereocenters. The highest BCUT2D eigenvalue weighted by molar-refractivity contribution is 6.56. The molecule has 2 heterocycles. The first kappa shape index (κ1) is 27.2. The Bertz CT molecular complexity index is 1610. The molecule has 1 N–H and O–H groups in total. The maximum atomic E-state index is 15.1. The molecule has 1 saturated heterocycles. The van der Waals surface area contributed by atoms with Crippen LogP contribution in [0.2, 0.25) is 0 Å². The van der Waals surface area contributed by atoms with Crippen LogP contribution in [0.3, 0.4) is 0 Å². The molecule has 1 aliphatic carbocycles. The number of benzene rings is 3. The van der Waals surface area contributed by atoms with Crippen molar-refractivity contribution in [3.8, 4) is 11.1 Å². The standard InChI is InChI=1S/C33H32BFN2O4/c1-32(2)33(3,4)41-34(40-32)23(17-22-16-21-10-9-15-36-30(21)18-29(22)35)19-37-31(38)39-20-28-26-13-7-5-11-24(26)25-12-6-8-14-27(25)28/h5-18,28H,19-20H2,1-4H3,(H,37,38). The van der Waals surface area contributed by atoms with E-state index in [1.54, 1.807) is 18.3 Å². The average molecular weight is 550 g/mol. The zero-order valence-electron chi connectivity index (χ0n) is 23.6. The molecule has 1 fully saturated rings. The minimum atomic E-state index is -0.780. The normalized spacial score (nSPS) is 17.4. The summed E-state index contributed by atoms with van der Waals surface area (Å²) < 4.78 is 33.4. The van der Waals surface area contributed by atoms with Gasteiger partial charge in [-0.05, 0) is 67.6 Å². The quantitative estimate of drug-likeness (QED) is 0.264. The van der Waals surface area contributed by atoms with Gasteiger partial charge in [-0.15, -0.1) is 0 Å². The van der Waals surface area contributed by atoms with Crippen molar-refractivity contribution < 1.29 is 23.2 Å². The summed E-state index contributed by atoms with van der Waals surface area (Å²) >= 11 is 0. The molecule has 0 atom stereocenters.